The molecule has 1 aromatic heterocycles. The third kappa shape index (κ3) is 3.74. The van der Waals surface area contributed by atoms with E-state index < -0.39 is 0 Å². The minimum atomic E-state index is 0.878. The summed E-state index contributed by atoms with van der Waals surface area (Å²) >= 11 is 0. The predicted octanol–water partition coefficient (Wildman–Crippen LogP) is 1.59. The van der Waals surface area contributed by atoms with Crippen molar-refractivity contribution in [1.29, 1.82) is 0 Å². The number of rotatable bonds is 2. The fourth-order valence-corrected chi connectivity index (χ4v) is 0.910. The van der Waals surface area contributed by atoms with E-state index in [2.05, 4.69) is 22.6 Å². The maximum absolute atomic E-state index is 4.11. The Labute approximate surface area is 79.7 Å². The van der Waals surface area contributed by atoms with Gasteiger partial charge in [-0.25, -0.2) is 4.98 Å². The van der Waals surface area contributed by atoms with Gasteiger partial charge in [0.05, 0.1) is 17.0 Å². The van der Waals surface area contributed by atoms with E-state index >= 15 is 0 Å². The van der Waals surface area contributed by atoms with E-state index in [0.29, 0.717) is 0 Å². The zero-order valence-electron chi connectivity index (χ0n) is 8.67. The molecular formula is C11H18N2. The van der Waals surface area contributed by atoms with E-state index in [0.717, 1.165) is 17.1 Å². The van der Waals surface area contributed by atoms with Crippen molar-refractivity contribution >= 4 is 12.2 Å². The first-order valence-electron chi connectivity index (χ1n) is 4.65. The van der Waals surface area contributed by atoms with Crippen LogP contribution in [0.4, 0.5) is 0 Å². The largest absolute Gasteiger partial charge is 0.345 e. The van der Waals surface area contributed by atoms with Crippen LogP contribution in [0.3, 0.4) is 0 Å². The highest BCUT2D eigenvalue weighted by Gasteiger charge is 1.82. The van der Waals surface area contributed by atoms with Gasteiger partial charge in [-0.15, -0.1) is 6.58 Å². The van der Waals surface area contributed by atoms with Gasteiger partial charge in [0.1, 0.15) is 0 Å². The van der Waals surface area contributed by atoms with Crippen LogP contribution in [0.5, 0.6) is 0 Å². The van der Waals surface area contributed by atoms with Crippen molar-refractivity contribution in [2.45, 2.75) is 27.2 Å². The summed E-state index contributed by atoms with van der Waals surface area (Å²) < 4.78 is 0. The van der Waals surface area contributed by atoms with Gasteiger partial charge in [0.25, 0.3) is 0 Å². The second-order valence-electron chi connectivity index (χ2n) is 2.22. The van der Waals surface area contributed by atoms with E-state index in [4.69, 9.17) is 0 Å². The lowest BCUT2D eigenvalue weighted by atomic mass is 10.3. The van der Waals surface area contributed by atoms with Crippen molar-refractivity contribution in [3.05, 3.63) is 29.7 Å². The minimum absolute atomic E-state index is 0.878. The molecule has 0 radical (unpaired) electrons. The Balaban J connectivity index is 0.000000671. The normalized spacial score (nSPS) is 12.2. The van der Waals surface area contributed by atoms with E-state index in [1.54, 1.807) is 6.33 Å². The molecule has 1 rings (SSSR count). The maximum atomic E-state index is 4.11. The molecule has 0 aromatic carbocycles. The van der Waals surface area contributed by atoms with Crippen molar-refractivity contribution in [3.63, 3.8) is 0 Å². The minimum Gasteiger partial charge on any atom is -0.345 e. The maximum Gasteiger partial charge on any atom is 0.0931 e. The van der Waals surface area contributed by atoms with Gasteiger partial charge in [0.15, 0.2) is 0 Å². The van der Waals surface area contributed by atoms with Crippen molar-refractivity contribution in [2.24, 2.45) is 0 Å². The average Bonchev–Trinajstić information content (AvgIpc) is 2.65. The molecule has 0 unspecified atom stereocenters. The van der Waals surface area contributed by atoms with Gasteiger partial charge in [-0.1, -0.05) is 32.1 Å². The van der Waals surface area contributed by atoms with Crippen LogP contribution in [0.15, 0.2) is 19.0 Å². The van der Waals surface area contributed by atoms with Crippen LogP contribution in [-0.2, 0) is 0 Å². The molecule has 1 N–H and O–H groups in total. The van der Waals surface area contributed by atoms with Crippen LogP contribution >= 0.6 is 0 Å². The van der Waals surface area contributed by atoms with Crippen LogP contribution in [0.25, 0.3) is 12.2 Å². The zero-order chi connectivity index (χ0) is 10.1. The molecule has 0 fully saturated rings. The Morgan fingerprint density at radius 2 is 2.23 bits per heavy atom. The molecule has 0 aliphatic heterocycles. The van der Waals surface area contributed by atoms with E-state index in [9.17, 15) is 0 Å². The Kier molecular flexibility index (Phi) is 6.60. The zero-order valence-corrected chi connectivity index (χ0v) is 8.67. The standard InChI is InChI=1S/C9H12N2.C2H6/c1-3-5-6-9-8(4-2)10-7-11-9;1-2/h3-4,6-7H,1,5H2,2H3,(H,10,11);1-2H3/b8-4+,9-6+;. The molecule has 2 nitrogen and oxygen atoms in total. The number of aromatic nitrogens is 2. The molecule has 0 saturated heterocycles. The van der Waals surface area contributed by atoms with E-state index in [1.807, 2.05) is 32.9 Å². The topological polar surface area (TPSA) is 28.7 Å². The lowest BCUT2D eigenvalue weighted by Crippen LogP contribution is -2.23. The molecule has 1 aromatic rings. The van der Waals surface area contributed by atoms with Gasteiger partial charge in [0.2, 0.25) is 0 Å². The summed E-state index contributed by atoms with van der Waals surface area (Å²) in [6.07, 6.45) is 8.48. The highest BCUT2D eigenvalue weighted by Crippen LogP contribution is 1.76. The lowest BCUT2D eigenvalue weighted by Gasteiger charge is -1.77. The highest BCUT2D eigenvalue weighted by molar-refractivity contribution is 5.25. The first-order chi connectivity index (χ1) is 6.38. The number of nitrogens with one attached hydrogen (secondary N) is 1. The van der Waals surface area contributed by atoms with Crippen LogP contribution < -0.4 is 10.7 Å². The van der Waals surface area contributed by atoms with Crippen molar-refractivity contribution in [2.75, 3.05) is 0 Å². The number of allylic oxidation sites excluding steroid dienone is 1. The Morgan fingerprint density at radius 3 is 2.77 bits per heavy atom. The fourth-order valence-electron chi connectivity index (χ4n) is 0.910. The van der Waals surface area contributed by atoms with Crippen molar-refractivity contribution < 1.29 is 0 Å². The molecule has 0 aliphatic rings. The summed E-state index contributed by atoms with van der Waals surface area (Å²) in [4.78, 5) is 7.16. The molecule has 0 spiro atoms. The molecule has 2 heteroatoms. The third-order valence-electron chi connectivity index (χ3n) is 1.46. The number of imidazole rings is 1. The lowest BCUT2D eigenvalue weighted by molar-refractivity contribution is 1.28. The molecule has 1 heterocycles. The average molecular weight is 178 g/mol. The molecule has 0 atom stereocenters. The molecule has 72 valence electrons. The van der Waals surface area contributed by atoms with Crippen LogP contribution in [0.1, 0.15) is 27.2 Å². The molecule has 0 aliphatic carbocycles. The van der Waals surface area contributed by atoms with Gasteiger partial charge in [-0.2, -0.15) is 0 Å². The SMILES string of the molecule is C=CC/C=c1/[nH]cn/c1=C/C.CC. The Morgan fingerprint density at radius 1 is 1.54 bits per heavy atom. The Hall–Kier alpha value is -1.31. The van der Waals surface area contributed by atoms with Gasteiger partial charge in [0, 0.05) is 0 Å². The van der Waals surface area contributed by atoms with Crippen molar-refractivity contribution in [3.8, 4) is 0 Å². The summed E-state index contributed by atoms with van der Waals surface area (Å²) in [6, 6.07) is 0. The first-order valence-corrected chi connectivity index (χ1v) is 4.65. The van der Waals surface area contributed by atoms with Gasteiger partial charge in [-0.05, 0) is 13.3 Å². The van der Waals surface area contributed by atoms with Crippen LogP contribution in [-0.4, -0.2) is 9.97 Å². The summed E-state index contributed by atoms with van der Waals surface area (Å²) in [6.45, 7) is 9.61. The van der Waals surface area contributed by atoms with E-state index in [1.165, 1.54) is 0 Å². The molecule has 13 heavy (non-hydrogen) atoms. The first kappa shape index (κ1) is 11.7. The van der Waals surface area contributed by atoms with Gasteiger partial charge < -0.3 is 4.98 Å². The van der Waals surface area contributed by atoms with Gasteiger partial charge in [-0.3, -0.25) is 0 Å². The quantitative estimate of drug-likeness (QED) is 0.685. The summed E-state index contributed by atoms with van der Waals surface area (Å²) in [5, 5.41) is 2.08. The second kappa shape index (κ2) is 7.35. The Bertz CT molecular complexity index is 333. The molecule has 0 saturated carbocycles. The highest BCUT2D eigenvalue weighted by atomic mass is 14.8. The van der Waals surface area contributed by atoms with E-state index in [-0.39, 0.29) is 0 Å². The van der Waals surface area contributed by atoms with Crippen molar-refractivity contribution in [1.82, 2.24) is 9.97 Å². The fraction of sp³-hybridized carbons (Fsp3) is 0.364. The molecule has 0 amide bonds. The van der Waals surface area contributed by atoms with Crippen LogP contribution in [0, 0.1) is 0 Å². The smallest absolute Gasteiger partial charge is 0.0931 e. The monoisotopic (exact) mass is 178 g/mol. The summed E-state index contributed by atoms with van der Waals surface area (Å²) in [5.74, 6) is 0. The number of aromatic amines is 1. The third-order valence-corrected chi connectivity index (χ3v) is 1.46. The summed E-state index contributed by atoms with van der Waals surface area (Å²) in [5.41, 5.74) is 0. The summed E-state index contributed by atoms with van der Waals surface area (Å²) in [7, 11) is 0. The number of H-pyrrole nitrogens is 1. The second-order valence-corrected chi connectivity index (χ2v) is 2.22. The number of hydrogen-bond acceptors (Lipinski definition) is 1. The number of nitrogens with zero attached hydrogens (tertiary/aromatic N) is 1. The molecule has 0 bridgehead atoms. The van der Waals surface area contributed by atoms with Crippen LogP contribution in [0.2, 0.25) is 0 Å². The predicted molar refractivity (Wildman–Crippen MR) is 58.6 cm³/mol. The molecular weight excluding hydrogens is 160 g/mol. The number of hydrogen-bond donors (Lipinski definition) is 1. The van der Waals surface area contributed by atoms with Gasteiger partial charge >= 0.3 is 0 Å².